The molecule has 2 amide bonds. The number of hydrogen-bond donors (Lipinski definition) is 1. The van der Waals surface area contributed by atoms with Crippen LogP contribution in [0, 0.1) is 0 Å². The Morgan fingerprint density at radius 3 is 2.68 bits per heavy atom. The molecule has 0 spiro atoms. The maximum atomic E-state index is 12.2. The predicted molar refractivity (Wildman–Crippen MR) is 93.1 cm³/mol. The van der Waals surface area contributed by atoms with Gasteiger partial charge in [0.1, 0.15) is 0 Å². The largest absolute Gasteiger partial charge is 0.352 e. The summed E-state index contributed by atoms with van der Waals surface area (Å²) in [4.78, 5) is 25.5. The minimum absolute atomic E-state index is 0.0200. The fraction of sp³-hybridized carbons (Fsp3) is 0.500. The van der Waals surface area contributed by atoms with Crippen molar-refractivity contribution in [3.05, 3.63) is 34.9 Å². The number of halogens is 1. The van der Waals surface area contributed by atoms with E-state index in [1.165, 1.54) is 11.8 Å². The van der Waals surface area contributed by atoms with Gasteiger partial charge in [0.2, 0.25) is 11.8 Å². The Bertz CT molecular complexity index is 509. The highest BCUT2D eigenvalue weighted by molar-refractivity contribution is 7.99. The third-order valence-corrected chi connectivity index (χ3v) is 4.13. The first-order valence-electron chi connectivity index (χ1n) is 7.31. The van der Waals surface area contributed by atoms with E-state index in [2.05, 4.69) is 5.32 Å². The van der Waals surface area contributed by atoms with E-state index in [0.29, 0.717) is 17.3 Å². The van der Waals surface area contributed by atoms with Gasteiger partial charge in [0.25, 0.3) is 0 Å². The topological polar surface area (TPSA) is 49.4 Å². The lowest BCUT2D eigenvalue weighted by Crippen LogP contribution is -2.43. The zero-order valence-corrected chi connectivity index (χ0v) is 14.8. The van der Waals surface area contributed by atoms with Gasteiger partial charge in [0, 0.05) is 23.4 Å². The highest BCUT2D eigenvalue weighted by atomic mass is 35.5. The van der Waals surface area contributed by atoms with Crippen molar-refractivity contribution in [2.24, 2.45) is 0 Å². The predicted octanol–water partition coefficient (Wildman–Crippen LogP) is 2.95. The number of amides is 2. The molecule has 0 saturated heterocycles. The molecule has 1 aromatic rings. The molecule has 0 bridgehead atoms. The first-order chi connectivity index (χ1) is 10.4. The van der Waals surface area contributed by atoms with Crippen molar-refractivity contribution in [3.63, 3.8) is 0 Å². The van der Waals surface area contributed by atoms with Crippen molar-refractivity contribution in [2.75, 3.05) is 18.8 Å². The van der Waals surface area contributed by atoms with E-state index in [-0.39, 0.29) is 24.4 Å². The third kappa shape index (κ3) is 7.18. The van der Waals surface area contributed by atoms with Crippen LogP contribution in [0.5, 0.6) is 0 Å². The van der Waals surface area contributed by atoms with Gasteiger partial charge < -0.3 is 10.2 Å². The van der Waals surface area contributed by atoms with Crippen LogP contribution in [0.4, 0.5) is 0 Å². The lowest BCUT2D eigenvalue weighted by atomic mass is 10.2. The van der Waals surface area contributed by atoms with Gasteiger partial charge >= 0.3 is 0 Å². The highest BCUT2D eigenvalue weighted by Crippen LogP contribution is 2.16. The van der Waals surface area contributed by atoms with E-state index in [4.69, 9.17) is 11.6 Å². The lowest BCUT2D eigenvalue weighted by molar-refractivity contribution is -0.134. The molecule has 1 rings (SSSR count). The number of likely N-dealkylation sites (N-methyl/N-ethyl adjacent to an activating group) is 1. The Kier molecular flexibility index (Phi) is 8.35. The number of benzene rings is 1. The van der Waals surface area contributed by atoms with Crippen LogP contribution in [0.3, 0.4) is 0 Å². The number of carbonyl (C=O) groups is 2. The number of hydrogen-bond acceptors (Lipinski definition) is 3. The Balaban J connectivity index is 2.40. The minimum atomic E-state index is -0.120. The van der Waals surface area contributed by atoms with Crippen LogP contribution in [0.2, 0.25) is 5.02 Å². The second kappa shape index (κ2) is 9.74. The van der Waals surface area contributed by atoms with Crippen molar-refractivity contribution < 1.29 is 9.59 Å². The van der Waals surface area contributed by atoms with Crippen LogP contribution >= 0.6 is 23.4 Å². The maximum Gasteiger partial charge on any atom is 0.239 e. The average Bonchev–Trinajstić information content (AvgIpc) is 2.44. The van der Waals surface area contributed by atoms with Crippen LogP contribution in [0.15, 0.2) is 24.3 Å². The first kappa shape index (κ1) is 18.8. The number of nitrogens with one attached hydrogen (secondary N) is 1. The molecule has 0 aliphatic rings. The summed E-state index contributed by atoms with van der Waals surface area (Å²) >= 11 is 7.46. The van der Waals surface area contributed by atoms with Gasteiger partial charge in [-0.25, -0.2) is 0 Å². The molecule has 6 heteroatoms. The molecule has 0 heterocycles. The standard InChI is InChI=1S/C16H23ClN2O2S/c1-4-19(9-15(20)18-12(2)3)16(21)11-22-10-13-6-5-7-14(17)8-13/h5-8,12H,4,9-11H2,1-3H3,(H,18,20). The SMILES string of the molecule is CCN(CC(=O)NC(C)C)C(=O)CSCc1cccc(Cl)c1. The number of thioether (sulfide) groups is 1. The molecule has 122 valence electrons. The van der Waals surface area contributed by atoms with Crippen LogP contribution in [-0.2, 0) is 15.3 Å². The summed E-state index contributed by atoms with van der Waals surface area (Å²) in [6.07, 6.45) is 0. The van der Waals surface area contributed by atoms with Gasteiger partial charge in [-0.2, -0.15) is 0 Å². The van der Waals surface area contributed by atoms with Crippen LogP contribution in [-0.4, -0.2) is 41.6 Å². The summed E-state index contributed by atoms with van der Waals surface area (Å²) in [6, 6.07) is 7.68. The quantitative estimate of drug-likeness (QED) is 0.790. The van der Waals surface area contributed by atoms with Crippen molar-refractivity contribution in [1.82, 2.24) is 10.2 Å². The Hall–Kier alpha value is -1.20. The van der Waals surface area contributed by atoms with Gasteiger partial charge in [-0.3, -0.25) is 9.59 Å². The molecule has 0 atom stereocenters. The highest BCUT2D eigenvalue weighted by Gasteiger charge is 2.15. The monoisotopic (exact) mass is 342 g/mol. The number of nitrogens with zero attached hydrogens (tertiary/aromatic N) is 1. The van der Waals surface area contributed by atoms with E-state index in [1.54, 1.807) is 4.90 Å². The van der Waals surface area contributed by atoms with E-state index in [1.807, 2.05) is 45.0 Å². The zero-order valence-electron chi connectivity index (χ0n) is 13.3. The fourth-order valence-corrected chi connectivity index (χ4v) is 2.98. The molecule has 22 heavy (non-hydrogen) atoms. The molecule has 0 radical (unpaired) electrons. The van der Waals surface area contributed by atoms with Crippen LogP contribution in [0.1, 0.15) is 26.3 Å². The first-order valence-corrected chi connectivity index (χ1v) is 8.85. The normalized spacial score (nSPS) is 10.6. The molecule has 0 aliphatic heterocycles. The molecule has 0 unspecified atom stereocenters. The summed E-state index contributed by atoms with van der Waals surface area (Å²) < 4.78 is 0. The van der Waals surface area contributed by atoms with Crippen molar-refractivity contribution in [2.45, 2.75) is 32.6 Å². The van der Waals surface area contributed by atoms with Gasteiger partial charge in [-0.1, -0.05) is 23.7 Å². The van der Waals surface area contributed by atoms with Crippen molar-refractivity contribution in [3.8, 4) is 0 Å². The molecule has 1 N–H and O–H groups in total. The summed E-state index contributed by atoms with van der Waals surface area (Å²) in [6.45, 7) is 6.32. The average molecular weight is 343 g/mol. The Morgan fingerprint density at radius 2 is 2.09 bits per heavy atom. The number of carbonyl (C=O) groups excluding carboxylic acids is 2. The third-order valence-electron chi connectivity index (χ3n) is 2.90. The summed E-state index contributed by atoms with van der Waals surface area (Å²) in [5, 5.41) is 3.50. The maximum absolute atomic E-state index is 12.2. The minimum Gasteiger partial charge on any atom is -0.352 e. The molecule has 0 saturated carbocycles. The Labute approximate surface area is 141 Å². The van der Waals surface area contributed by atoms with Crippen LogP contribution in [0.25, 0.3) is 0 Å². The molecule has 0 aromatic heterocycles. The van der Waals surface area contributed by atoms with E-state index in [0.717, 1.165) is 11.3 Å². The Morgan fingerprint density at radius 1 is 1.36 bits per heavy atom. The lowest BCUT2D eigenvalue weighted by Gasteiger charge is -2.21. The molecular weight excluding hydrogens is 320 g/mol. The fourth-order valence-electron chi connectivity index (χ4n) is 1.89. The summed E-state index contributed by atoms with van der Waals surface area (Å²) in [5.74, 6) is 0.940. The van der Waals surface area contributed by atoms with Crippen LogP contribution < -0.4 is 5.32 Å². The van der Waals surface area contributed by atoms with Gasteiger partial charge in [0.05, 0.1) is 12.3 Å². The van der Waals surface area contributed by atoms with Gasteiger partial charge in [-0.05, 0) is 38.5 Å². The second-order valence-electron chi connectivity index (χ2n) is 5.25. The smallest absolute Gasteiger partial charge is 0.239 e. The molecule has 1 aromatic carbocycles. The molecule has 0 fully saturated rings. The van der Waals surface area contributed by atoms with E-state index < -0.39 is 0 Å². The van der Waals surface area contributed by atoms with Crippen molar-refractivity contribution in [1.29, 1.82) is 0 Å². The molecule has 0 aliphatic carbocycles. The van der Waals surface area contributed by atoms with E-state index >= 15 is 0 Å². The van der Waals surface area contributed by atoms with E-state index in [9.17, 15) is 9.59 Å². The molecular formula is C16H23ClN2O2S. The van der Waals surface area contributed by atoms with Gasteiger partial charge in [-0.15, -0.1) is 11.8 Å². The number of rotatable bonds is 8. The second-order valence-corrected chi connectivity index (χ2v) is 6.67. The summed E-state index contributed by atoms with van der Waals surface area (Å²) in [5.41, 5.74) is 1.09. The zero-order chi connectivity index (χ0) is 16.5. The molecule has 4 nitrogen and oxygen atoms in total. The summed E-state index contributed by atoms with van der Waals surface area (Å²) in [7, 11) is 0. The van der Waals surface area contributed by atoms with Crippen molar-refractivity contribution >= 4 is 35.2 Å². The van der Waals surface area contributed by atoms with Gasteiger partial charge in [0.15, 0.2) is 0 Å².